The van der Waals surface area contributed by atoms with Crippen LogP contribution in [0.25, 0.3) is 0 Å². The zero-order chi connectivity index (χ0) is 14.9. The van der Waals surface area contributed by atoms with Crippen LogP contribution in [-0.2, 0) is 4.79 Å². The Labute approximate surface area is 124 Å². The van der Waals surface area contributed by atoms with E-state index in [1.807, 2.05) is 6.08 Å². The van der Waals surface area contributed by atoms with Gasteiger partial charge in [-0.25, -0.2) is 0 Å². The molecule has 0 aliphatic rings. The van der Waals surface area contributed by atoms with Crippen molar-refractivity contribution in [1.82, 2.24) is 0 Å². The summed E-state index contributed by atoms with van der Waals surface area (Å²) in [6.07, 6.45) is 17.1. The van der Waals surface area contributed by atoms with Gasteiger partial charge in [0.25, 0.3) is 0 Å². The van der Waals surface area contributed by atoms with Gasteiger partial charge in [-0.2, -0.15) is 0 Å². The monoisotopic (exact) mass is 278 g/mol. The van der Waals surface area contributed by atoms with E-state index >= 15 is 0 Å². The average Bonchev–Trinajstić information content (AvgIpc) is 2.43. The molecular formula is C18H30O2. The standard InChI is InChI=1S/C18H30O2/c1-2-3-4-5-6-7-8-9-10-11-12-13-14-15-16-17-18(19)20/h11-12H,2-8,13-17H2,1H3,(H,19,20)/b12-11-. The van der Waals surface area contributed by atoms with E-state index in [2.05, 4.69) is 24.8 Å². The van der Waals surface area contributed by atoms with Gasteiger partial charge in [0, 0.05) is 12.8 Å². The molecule has 0 aromatic carbocycles. The number of carboxylic acid groups (broad SMARTS) is 1. The minimum Gasteiger partial charge on any atom is -0.481 e. The number of aliphatic carboxylic acids is 1. The first kappa shape index (κ1) is 18.8. The van der Waals surface area contributed by atoms with Gasteiger partial charge in [-0.15, -0.1) is 0 Å². The smallest absolute Gasteiger partial charge is 0.303 e. The van der Waals surface area contributed by atoms with Crippen molar-refractivity contribution in [2.24, 2.45) is 0 Å². The van der Waals surface area contributed by atoms with E-state index in [4.69, 9.17) is 5.11 Å². The molecule has 0 fully saturated rings. The molecule has 0 saturated heterocycles. The SMILES string of the molecule is CCCCCCCCC#C/C=C\CCCCCC(=O)O. The number of hydrogen-bond donors (Lipinski definition) is 1. The summed E-state index contributed by atoms with van der Waals surface area (Å²) in [5.41, 5.74) is 0. The molecule has 0 aliphatic heterocycles. The van der Waals surface area contributed by atoms with Crippen LogP contribution in [0.1, 0.15) is 84.0 Å². The minimum atomic E-state index is -0.693. The molecule has 0 heterocycles. The van der Waals surface area contributed by atoms with Crippen LogP contribution in [0.5, 0.6) is 0 Å². The molecule has 0 aliphatic carbocycles. The quantitative estimate of drug-likeness (QED) is 0.387. The summed E-state index contributed by atoms with van der Waals surface area (Å²) in [5.74, 6) is 5.56. The van der Waals surface area contributed by atoms with E-state index in [0.717, 1.165) is 32.1 Å². The lowest BCUT2D eigenvalue weighted by atomic mass is 10.1. The predicted molar refractivity (Wildman–Crippen MR) is 85.6 cm³/mol. The van der Waals surface area contributed by atoms with Crippen molar-refractivity contribution >= 4 is 5.97 Å². The lowest BCUT2D eigenvalue weighted by Crippen LogP contribution is -1.93. The Morgan fingerprint density at radius 2 is 1.70 bits per heavy atom. The molecule has 2 heteroatoms. The number of rotatable bonds is 12. The zero-order valence-corrected chi connectivity index (χ0v) is 13.0. The van der Waals surface area contributed by atoms with Crippen molar-refractivity contribution in [3.8, 4) is 11.8 Å². The second-order valence-electron chi connectivity index (χ2n) is 5.23. The number of carbonyl (C=O) groups is 1. The van der Waals surface area contributed by atoms with Crippen LogP contribution in [0.3, 0.4) is 0 Å². The lowest BCUT2D eigenvalue weighted by molar-refractivity contribution is -0.137. The van der Waals surface area contributed by atoms with Crippen LogP contribution < -0.4 is 0 Å². The minimum absolute atomic E-state index is 0.293. The second kappa shape index (κ2) is 15.8. The Hall–Kier alpha value is -1.23. The highest BCUT2D eigenvalue weighted by molar-refractivity contribution is 5.66. The van der Waals surface area contributed by atoms with Crippen LogP contribution in [-0.4, -0.2) is 11.1 Å². The summed E-state index contributed by atoms with van der Waals surface area (Å²) in [5, 5.41) is 8.49. The van der Waals surface area contributed by atoms with Crippen molar-refractivity contribution in [1.29, 1.82) is 0 Å². The van der Waals surface area contributed by atoms with Crippen LogP contribution in [0, 0.1) is 11.8 Å². The highest BCUT2D eigenvalue weighted by Crippen LogP contribution is 2.06. The normalized spacial score (nSPS) is 10.4. The molecule has 0 atom stereocenters. The summed E-state index contributed by atoms with van der Waals surface area (Å²) in [6, 6.07) is 0. The number of hydrogen-bond acceptors (Lipinski definition) is 1. The van der Waals surface area contributed by atoms with Crippen LogP contribution in [0.15, 0.2) is 12.2 Å². The average molecular weight is 278 g/mol. The Bertz CT molecular complexity index is 307. The predicted octanol–water partition coefficient (Wildman–Crippen LogP) is 5.33. The van der Waals surface area contributed by atoms with Gasteiger partial charge in [-0.1, -0.05) is 63.4 Å². The highest BCUT2D eigenvalue weighted by Gasteiger charge is 1.94. The van der Waals surface area contributed by atoms with E-state index in [9.17, 15) is 4.79 Å². The Kier molecular flexibility index (Phi) is 14.9. The molecule has 0 amide bonds. The fourth-order valence-electron chi connectivity index (χ4n) is 1.98. The third kappa shape index (κ3) is 16.8. The molecule has 0 spiro atoms. The van der Waals surface area contributed by atoms with Gasteiger partial charge in [0.15, 0.2) is 0 Å². The summed E-state index contributed by atoms with van der Waals surface area (Å²) in [4.78, 5) is 10.3. The summed E-state index contributed by atoms with van der Waals surface area (Å²) in [6.45, 7) is 2.24. The number of allylic oxidation sites excluding steroid dienone is 2. The second-order valence-corrected chi connectivity index (χ2v) is 5.23. The van der Waals surface area contributed by atoms with Gasteiger partial charge >= 0.3 is 5.97 Å². The van der Waals surface area contributed by atoms with E-state index in [-0.39, 0.29) is 0 Å². The van der Waals surface area contributed by atoms with Gasteiger partial charge < -0.3 is 5.11 Å². The van der Waals surface area contributed by atoms with Gasteiger partial charge in [-0.3, -0.25) is 4.79 Å². The van der Waals surface area contributed by atoms with Crippen molar-refractivity contribution in [3.63, 3.8) is 0 Å². The summed E-state index contributed by atoms with van der Waals surface area (Å²) >= 11 is 0. The molecule has 114 valence electrons. The molecular weight excluding hydrogens is 248 g/mol. The van der Waals surface area contributed by atoms with Gasteiger partial charge in [-0.05, 0) is 31.8 Å². The van der Waals surface area contributed by atoms with Crippen molar-refractivity contribution in [2.45, 2.75) is 84.0 Å². The number of carboxylic acids is 1. The summed E-state index contributed by atoms with van der Waals surface area (Å²) < 4.78 is 0. The maximum absolute atomic E-state index is 10.3. The molecule has 0 saturated carbocycles. The summed E-state index contributed by atoms with van der Waals surface area (Å²) in [7, 11) is 0. The van der Waals surface area contributed by atoms with Gasteiger partial charge in [0.2, 0.25) is 0 Å². The van der Waals surface area contributed by atoms with E-state index in [0.29, 0.717) is 6.42 Å². The molecule has 0 unspecified atom stereocenters. The molecule has 0 rings (SSSR count). The first-order valence-corrected chi connectivity index (χ1v) is 8.12. The first-order chi connectivity index (χ1) is 9.77. The molecule has 0 aromatic rings. The van der Waals surface area contributed by atoms with Crippen molar-refractivity contribution in [2.75, 3.05) is 0 Å². The van der Waals surface area contributed by atoms with Crippen molar-refractivity contribution in [3.05, 3.63) is 12.2 Å². The number of unbranched alkanes of at least 4 members (excludes halogenated alkanes) is 9. The Morgan fingerprint density at radius 1 is 1.00 bits per heavy atom. The fourth-order valence-corrected chi connectivity index (χ4v) is 1.98. The largest absolute Gasteiger partial charge is 0.481 e. The molecule has 1 N–H and O–H groups in total. The Balaban J connectivity index is 3.25. The van der Waals surface area contributed by atoms with E-state index in [1.165, 1.54) is 38.5 Å². The Morgan fingerprint density at radius 3 is 2.45 bits per heavy atom. The van der Waals surface area contributed by atoms with E-state index in [1.54, 1.807) is 0 Å². The molecule has 0 aromatic heterocycles. The molecule has 20 heavy (non-hydrogen) atoms. The van der Waals surface area contributed by atoms with Gasteiger partial charge in [0.1, 0.15) is 0 Å². The highest BCUT2D eigenvalue weighted by atomic mass is 16.4. The van der Waals surface area contributed by atoms with E-state index < -0.39 is 5.97 Å². The lowest BCUT2D eigenvalue weighted by Gasteiger charge is -1.96. The first-order valence-electron chi connectivity index (χ1n) is 8.12. The molecule has 2 nitrogen and oxygen atoms in total. The topological polar surface area (TPSA) is 37.3 Å². The maximum Gasteiger partial charge on any atom is 0.303 e. The van der Waals surface area contributed by atoms with Crippen LogP contribution in [0.4, 0.5) is 0 Å². The van der Waals surface area contributed by atoms with Gasteiger partial charge in [0.05, 0.1) is 0 Å². The third-order valence-corrected chi connectivity index (χ3v) is 3.22. The van der Waals surface area contributed by atoms with Crippen molar-refractivity contribution < 1.29 is 9.90 Å². The third-order valence-electron chi connectivity index (χ3n) is 3.22. The zero-order valence-electron chi connectivity index (χ0n) is 13.0. The fraction of sp³-hybridized carbons (Fsp3) is 0.722. The molecule has 0 radical (unpaired) electrons. The van der Waals surface area contributed by atoms with Crippen LogP contribution >= 0.6 is 0 Å². The van der Waals surface area contributed by atoms with Crippen LogP contribution in [0.2, 0.25) is 0 Å². The molecule has 0 bridgehead atoms. The maximum atomic E-state index is 10.3.